The molecule has 0 aromatic carbocycles. The second-order valence-corrected chi connectivity index (χ2v) is 4.68. The number of aliphatic hydroxyl groups is 1. The summed E-state index contributed by atoms with van der Waals surface area (Å²) in [5, 5.41) is 9.29. The van der Waals surface area contributed by atoms with Gasteiger partial charge >= 0.3 is 0 Å². The van der Waals surface area contributed by atoms with Gasteiger partial charge in [-0.2, -0.15) is 0 Å². The zero-order chi connectivity index (χ0) is 8.70. The lowest BCUT2D eigenvalue weighted by atomic mass is 9.83. The predicted octanol–water partition coefficient (Wildman–Crippen LogP) is 2.44. The quantitative estimate of drug-likeness (QED) is 0.665. The molecular weight excluding hydrogens is 136 g/mol. The summed E-state index contributed by atoms with van der Waals surface area (Å²) in [7, 11) is 0. The standard InChI is InChI=1S/C10H20O/c1-5-8(2)10(7-11)6-9(10,3)4/h8,11H,5-7H2,1-4H3. The Morgan fingerprint density at radius 2 is 1.91 bits per heavy atom. The second-order valence-electron chi connectivity index (χ2n) is 4.68. The van der Waals surface area contributed by atoms with Gasteiger partial charge in [0.1, 0.15) is 0 Å². The average molecular weight is 156 g/mol. The molecule has 1 N–H and O–H groups in total. The van der Waals surface area contributed by atoms with E-state index in [-0.39, 0.29) is 5.41 Å². The zero-order valence-corrected chi connectivity index (χ0v) is 8.15. The van der Waals surface area contributed by atoms with Gasteiger partial charge in [-0.15, -0.1) is 0 Å². The monoisotopic (exact) mass is 156 g/mol. The molecule has 0 saturated heterocycles. The molecule has 0 aliphatic heterocycles. The molecule has 0 aromatic heterocycles. The first-order valence-electron chi connectivity index (χ1n) is 4.61. The maximum atomic E-state index is 9.29. The van der Waals surface area contributed by atoms with E-state index in [1.54, 1.807) is 0 Å². The Kier molecular flexibility index (Phi) is 2.04. The van der Waals surface area contributed by atoms with E-state index in [2.05, 4.69) is 27.7 Å². The van der Waals surface area contributed by atoms with E-state index in [1.807, 2.05) is 0 Å². The molecule has 0 amide bonds. The summed E-state index contributed by atoms with van der Waals surface area (Å²) in [6.07, 6.45) is 2.38. The molecule has 0 aromatic rings. The summed E-state index contributed by atoms with van der Waals surface area (Å²) >= 11 is 0. The number of rotatable bonds is 3. The van der Waals surface area contributed by atoms with Gasteiger partial charge in [0.05, 0.1) is 0 Å². The SMILES string of the molecule is CCC(C)C1(CO)CC1(C)C. The van der Waals surface area contributed by atoms with Crippen LogP contribution in [0.3, 0.4) is 0 Å². The molecular formula is C10H20O. The van der Waals surface area contributed by atoms with Crippen LogP contribution in [0.15, 0.2) is 0 Å². The first-order valence-corrected chi connectivity index (χ1v) is 4.61. The van der Waals surface area contributed by atoms with Crippen molar-refractivity contribution in [3.8, 4) is 0 Å². The third-order valence-corrected chi connectivity index (χ3v) is 3.82. The maximum absolute atomic E-state index is 9.29. The Bertz CT molecular complexity index is 151. The van der Waals surface area contributed by atoms with E-state index >= 15 is 0 Å². The van der Waals surface area contributed by atoms with Crippen molar-refractivity contribution in [1.29, 1.82) is 0 Å². The van der Waals surface area contributed by atoms with Crippen LogP contribution >= 0.6 is 0 Å². The fourth-order valence-electron chi connectivity index (χ4n) is 2.40. The Morgan fingerprint density at radius 3 is 2.00 bits per heavy atom. The molecule has 1 saturated carbocycles. The third kappa shape index (κ3) is 1.10. The van der Waals surface area contributed by atoms with Gasteiger partial charge in [0, 0.05) is 12.0 Å². The van der Waals surface area contributed by atoms with Crippen molar-refractivity contribution in [2.24, 2.45) is 16.7 Å². The van der Waals surface area contributed by atoms with Crippen molar-refractivity contribution in [2.45, 2.75) is 40.5 Å². The molecule has 11 heavy (non-hydrogen) atoms. The van der Waals surface area contributed by atoms with Gasteiger partial charge in [-0.3, -0.25) is 0 Å². The molecule has 1 aliphatic rings. The summed E-state index contributed by atoms with van der Waals surface area (Å²) < 4.78 is 0. The van der Waals surface area contributed by atoms with E-state index in [9.17, 15) is 5.11 Å². The van der Waals surface area contributed by atoms with E-state index in [4.69, 9.17) is 0 Å². The average Bonchev–Trinajstić information content (AvgIpc) is 2.53. The van der Waals surface area contributed by atoms with Crippen molar-refractivity contribution in [1.82, 2.24) is 0 Å². The largest absolute Gasteiger partial charge is 0.396 e. The highest BCUT2D eigenvalue weighted by Gasteiger charge is 2.62. The number of hydrogen-bond acceptors (Lipinski definition) is 1. The van der Waals surface area contributed by atoms with Gasteiger partial charge in [0.15, 0.2) is 0 Å². The van der Waals surface area contributed by atoms with Gasteiger partial charge in [-0.1, -0.05) is 34.1 Å². The van der Waals surface area contributed by atoms with E-state index in [1.165, 1.54) is 12.8 Å². The first-order chi connectivity index (χ1) is 5.00. The van der Waals surface area contributed by atoms with Crippen LogP contribution < -0.4 is 0 Å². The van der Waals surface area contributed by atoms with Crippen molar-refractivity contribution >= 4 is 0 Å². The molecule has 2 unspecified atom stereocenters. The predicted molar refractivity (Wildman–Crippen MR) is 47.4 cm³/mol. The van der Waals surface area contributed by atoms with Gasteiger partial charge in [-0.05, 0) is 17.8 Å². The minimum Gasteiger partial charge on any atom is -0.396 e. The molecule has 0 radical (unpaired) electrons. The normalized spacial score (nSPS) is 36.8. The van der Waals surface area contributed by atoms with Gasteiger partial charge < -0.3 is 5.11 Å². The van der Waals surface area contributed by atoms with Gasteiger partial charge in [0.25, 0.3) is 0 Å². The van der Waals surface area contributed by atoms with Crippen LogP contribution in [0.1, 0.15) is 40.5 Å². The maximum Gasteiger partial charge on any atom is 0.0495 e. The molecule has 0 heterocycles. The summed E-state index contributed by atoms with van der Waals surface area (Å²) in [5.74, 6) is 0.669. The minimum atomic E-state index is 0.252. The van der Waals surface area contributed by atoms with Crippen molar-refractivity contribution in [2.75, 3.05) is 6.61 Å². The highest BCUT2D eigenvalue weighted by molar-refractivity contribution is 5.11. The summed E-state index contributed by atoms with van der Waals surface area (Å²) in [5.41, 5.74) is 0.638. The van der Waals surface area contributed by atoms with Crippen molar-refractivity contribution < 1.29 is 5.11 Å². The molecule has 0 spiro atoms. The fraction of sp³-hybridized carbons (Fsp3) is 1.00. The smallest absolute Gasteiger partial charge is 0.0495 e. The molecule has 2 atom stereocenters. The highest BCUT2D eigenvalue weighted by atomic mass is 16.3. The van der Waals surface area contributed by atoms with Gasteiger partial charge in [0.2, 0.25) is 0 Å². The number of aliphatic hydroxyl groups excluding tert-OH is 1. The molecule has 1 aliphatic carbocycles. The Hall–Kier alpha value is -0.0400. The van der Waals surface area contributed by atoms with Crippen LogP contribution in [0.5, 0.6) is 0 Å². The summed E-state index contributed by atoms with van der Waals surface area (Å²) in [6.45, 7) is 9.35. The fourth-order valence-corrected chi connectivity index (χ4v) is 2.40. The van der Waals surface area contributed by atoms with E-state index in [0.717, 1.165) is 0 Å². The third-order valence-electron chi connectivity index (χ3n) is 3.82. The van der Waals surface area contributed by atoms with Crippen LogP contribution in [-0.2, 0) is 0 Å². The van der Waals surface area contributed by atoms with Crippen LogP contribution in [0.4, 0.5) is 0 Å². The second kappa shape index (κ2) is 2.48. The topological polar surface area (TPSA) is 20.2 Å². The zero-order valence-electron chi connectivity index (χ0n) is 8.15. The Balaban J connectivity index is 2.67. The molecule has 0 bridgehead atoms. The highest BCUT2D eigenvalue weighted by Crippen LogP contribution is 2.67. The van der Waals surface area contributed by atoms with Crippen LogP contribution in [-0.4, -0.2) is 11.7 Å². The van der Waals surface area contributed by atoms with E-state index in [0.29, 0.717) is 17.9 Å². The first kappa shape index (κ1) is 9.05. The van der Waals surface area contributed by atoms with Crippen LogP contribution in [0, 0.1) is 16.7 Å². The Morgan fingerprint density at radius 1 is 1.45 bits per heavy atom. The molecule has 1 fully saturated rings. The van der Waals surface area contributed by atoms with Crippen molar-refractivity contribution in [3.05, 3.63) is 0 Å². The van der Waals surface area contributed by atoms with E-state index < -0.39 is 0 Å². The molecule has 1 heteroatoms. The lowest BCUT2D eigenvalue weighted by Crippen LogP contribution is -2.22. The lowest BCUT2D eigenvalue weighted by molar-refractivity contribution is 0.127. The van der Waals surface area contributed by atoms with Crippen molar-refractivity contribution in [3.63, 3.8) is 0 Å². The van der Waals surface area contributed by atoms with Gasteiger partial charge in [-0.25, -0.2) is 0 Å². The van der Waals surface area contributed by atoms with Crippen LogP contribution in [0.2, 0.25) is 0 Å². The lowest BCUT2D eigenvalue weighted by Gasteiger charge is -2.24. The summed E-state index contributed by atoms with van der Waals surface area (Å²) in [6, 6.07) is 0. The molecule has 1 nitrogen and oxygen atoms in total. The molecule has 1 rings (SSSR count). The Labute approximate surface area is 69.8 Å². The minimum absolute atomic E-state index is 0.252. The molecule has 66 valence electrons. The number of hydrogen-bond donors (Lipinski definition) is 1. The summed E-state index contributed by atoms with van der Waals surface area (Å²) in [4.78, 5) is 0. The van der Waals surface area contributed by atoms with Crippen LogP contribution in [0.25, 0.3) is 0 Å².